The van der Waals surface area contributed by atoms with Gasteiger partial charge in [-0.05, 0) is 40.7 Å². The summed E-state index contributed by atoms with van der Waals surface area (Å²) < 4.78 is 39.9. The first-order chi connectivity index (χ1) is 10.9. The molecule has 2 aromatic rings. The van der Waals surface area contributed by atoms with E-state index in [4.69, 9.17) is 11.6 Å². The van der Waals surface area contributed by atoms with Crippen molar-refractivity contribution in [3.8, 4) is 0 Å². The minimum atomic E-state index is -4.47. The van der Waals surface area contributed by atoms with E-state index < -0.39 is 11.7 Å². The Kier molecular flexibility index (Phi) is 4.86. The summed E-state index contributed by atoms with van der Waals surface area (Å²) in [4.78, 5) is 3.81. The van der Waals surface area contributed by atoms with E-state index in [0.717, 1.165) is 23.5 Å². The summed E-state index contributed by atoms with van der Waals surface area (Å²) in [5.41, 5.74) is 0.741. The molecule has 1 N–H and O–H groups in total. The highest BCUT2D eigenvalue weighted by Gasteiger charge is 2.31. The maximum absolute atomic E-state index is 12.7. The van der Waals surface area contributed by atoms with Crippen molar-refractivity contribution in [2.75, 3.05) is 5.32 Å². The van der Waals surface area contributed by atoms with Crippen LogP contribution in [-0.4, -0.2) is 14.8 Å². The Bertz CT molecular complexity index is 732. The highest BCUT2D eigenvalue weighted by Crippen LogP contribution is 2.33. The van der Waals surface area contributed by atoms with Crippen LogP contribution in [0.15, 0.2) is 18.5 Å². The summed E-state index contributed by atoms with van der Waals surface area (Å²) in [6.07, 6.45) is -1.78. The number of hydrogen-bond acceptors (Lipinski definition) is 3. The molecule has 0 spiro atoms. The monoisotopic (exact) mass is 360 g/mol. The Morgan fingerprint density at radius 3 is 2.33 bits per heavy atom. The second kappa shape index (κ2) is 6.27. The van der Waals surface area contributed by atoms with Gasteiger partial charge in [-0.2, -0.15) is 18.3 Å². The van der Waals surface area contributed by atoms with Gasteiger partial charge in [0.1, 0.15) is 5.82 Å². The Labute approximate surface area is 144 Å². The van der Waals surface area contributed by atoms with Crippen LogP contribution in [0.2, 0.25) is 5.02 Å². The third kappa shape index (κ3) is 4.01. The molecule has 1 atom stereocenters. The first kappa shape index (κ1) is 18.6. The Morgan fingerprint density at radius 2 is 1.88 bits per heavy atom. The summed E-state index contributed by atoms with van der Waals surface area (Å²) in [6.45, 7) is 9.88. The van der Waals surface area contributed by atoms with Crippen molar-refractivity contribution in [3.05, 3.63) is 40.3 Å². The molecule has 0 aliphatic heterocycles. The predicted molar refractivity (Wildman–Crippen MR) is 88.2 cm³/mol. The zero-order valence-corrected chi connectivity index (χ0v) is 14.9. The van der Waals surface area contributed by atoms with Crippen molar-refractivity contribution in [1.82, 2.24) is 14.8 Å². The number of nitrogens with one attached hydrogen (secondary N) is 1. The molecule has 0 aromatic carbocycles. The third-order valence-corrected chi connectivity index (χ3v) is 3.90. The smallest absolute Gasteiger partial charge is 0.362 e. The Morgan fingerprint density at radius 1 is 1.25 bits per heavy atom. The molecule has 0 radical (unpaired) electrons. The average Bonchev–Trinajstić information content (AvgIpc) is 2.82. The van der Waals surface area contributed by atoms with Gasteiger partial charge in [0.2, 0.25) is 0 Å². The topological polar surface area (TPSA) is 42.7 Å². The van der Waals surface area contributed by atoms with Gasteiger partial charge < -0.3 is 5.32 Å². The lowest BCUT2D eigenvalue weighted by Crippen LogP contribution is -2.22. The quantitative estimate of drug-likeness (QED) is 0.819. The van der Waals surface area contributed by atoms with E-state index >= 15 is 0 Å². The van der Waals surface area contributed by atoms with Crippen molar-refractivity contribution < 1.29 is 13.2 Å². The average molecular weight is 361 g/mol. The minimum Gasteiger partial charge on any atom is -0.362 e. The molecule has 0 fully saturated rings. The number of alkyl halides is 3. The van der Waals surface area contributed by atoms with Crippen LogP contribution in [0.5, 0.6) is 0 Å². The van der Waals surface area contributed by atoms with Gasteiger partial charge in [-0.25, -0.2) is 4.98 Å². The van der Waals surface area contributed by atoms with Gasteiger partial charge in [-0.3, -0.25) is 4.68 Å². The van der Waals surface area contributed by atoms with Gasteiger partial charge in [0.15, 0.2) is 0 Å². The highest BCUT2D eigenvalue weighted by atomic mass is 35.5. The zero-order valence-electron chi connectivity index (χ0n) is 14.2. The lowest BCUT2D eigenvalue weighted by atomic mass is 10.1. The molecule has 132 valence electrons. The van der Waals surface area contributed by atoms with Crippen molar-refractivity contribution in [3.63, 3.8) is 0 Å². The van der Waals surface area contributed by atoms with Gasteiger partial charge in [0.05, 0.1) is 27.9 Å². The second-order valence-electron chi connectivity index (χ2n) is 6.70. The summed E-state index contributed by atoms with van der Waals surface area (Å²) in [5.74, 6) is 0.208. The number of aromatic nitrogens is 3. The first-order valence-electron chi connectivity index (χ1n) is 7.45. The first-order valence-corrected chi connectivity index (χ1v) is 7.83. The molecule has 0 amide bonds. The van der Waals surface area contributed by atoms with Gasteiger partial charge in [-0.15, -0.1) is 0 Å². The van der Waals surface area contributed by atoms with Gasteiger partial charge >= 0.3 is 6.18 Å². The summed E-state index contributed by atoms with van der Waals surface area (Å²) in [7, 11) is 0. The number of nitrogens with zero attached hydrogens (tertiary/aromatic N) is 3. The number of anilines is 1. The molecule has 0 saturated carbocycles. The van der Waals surface area contributed by atoms with E-state index in [0.29, 0.717) is 0 Å². The molecule has 2 aromatic heterocycles. The van der Waals surface area contributed by atoms with E-state index in [1.807, 2.05) is 45.5 Å². The standard InChI is InChI=1S/C16H20ClF3N4/c1-9(12-8-24(15(3,4)5)23-10(12)2)22-14-13(17)6-11(7-21-14)16(18,19)20/h6-9H,1-5H3,(H,21,22). The van der Waals surface area contributed by atoms with Crippen LogP contribution in [0.25, 0.3) is 0 Å². The summed E-state index contributed by atoms with van der Waals surface area (Å²) >= 11 is 5.94. The van der Waals surface area contributed by atoms with Crippen molar-refractivity contribution in [2.24, 2.45) is 0 Å². The van der Waals surface area contributed by atoms with E-state index in [2.05, 4.69) is 15.4 Å². The van der Waals surface area contributed by atoms with Gasteiger partial charge in [0, 0.05) is 18.0 Å². The lowest BCUT2D eigenvalue weighted by Gasteiger charge is -2.19. The summed E-state index contributed by atoms with van der Waals surface area (Å²) in [5, 5.41) is 7.46. The number of pyridine rings is 1. The molecule has 4 nitrogen and oxygen atoms in total. The molecule has 0 bridgehead atoms. The molecule has 0 aliphatic carbocycles. The zero-order chi connectivity index (χ0) is 18.3. The predicted octanol–water partition coefficient (Wildman–Crippen LogP) is 5.19. The van der Waals surface area contributed by atoms with E-state index in [-0.39, 0.29) is 22.4 Å². The van der Waals surface area contributed by atoms with Crippen LogP contribution >= 0.6 is 11.6 Å². The largest absolute Gasteiger partial charge is 0.417 e. The van der Waals surface area contributed by atoms with E-state index in [9.17, 15) is 13.2 Å². The molecule has 2 heterocycles. The summed E-state index contributed by atoms with van der Waals surface area (Å²) in [6, 6.07) is 0.664. The Hall–Kier alpha value is -1.76. The number of aryl methyl sites for hydroxylation is 1. The minimum absolute atomic E-state index is 0.0717. The van der Waals surface area contributed by atoms with Gasteiger partial charge in [-0.1, -0.05) is 11.6 Å². The fourth-order valence-electron chi connectivity index (χ4n) is 2.22. The highest BCUT2D eigenvalue weighted by molar-refractivity contribution is 6.33. The molecular formula is C16H20ClF3N4. The normalized spacial score (nSPS) is 13.9. The van der Waals surface area contributed by atoms with Gasteiger partial charge in [0.25, 0.3) is 0 Å². The van der Waals surface area contributed by atoms with Crippen LogP contribution in [0, 0.1) is 6.92 Å². The van der Waals surface area contributed by atoms with Crippen LogP contribution < -0.4 is 5.32 Å². The lowest BCUT2D eigenvalue weighted by molar-refractivity contribution is -0.137. The van der Waals surface area contributed by atoms with Crippen LogP contribution in [0.3, 0.4) is 0 Å². The van der Waals surface area contributed by atoms with Crippen LogP contribution in [0.4, 0.5) is 19.0 Å². The molecular weight excluding hydrogens is 341 g/mol. The second-order valence-corrected chi connectivity index (χ2v) is 7.11. The number of halogens is 4. The molecule has 8 heteroatoms. The third-order valence-electron chi connectivity index (χ3n) is 3.61. The van der Waals surface area contributed by atoms with Crippen LogP contribution in [0.1, 0.15) is 50.6 Å². The van der Waals surface area contributed by atoms with E-state index in [1.54, 1.807) is 0 Å². The fraction of sp³-hybridized carbons (Fsp3) is 0.500. The molecule has 2 rings (SSSR count). The number of rotatable bonds is 3. The number of hydrogen-bond donors (Lipinski definition) is 1. The van der Waals surface area contributed by atoms with Crippen molar-refractivity contribution >= 4 is 17.4 Å². The molecule has 0 aliphatic rings. The van der Waals surface area contributed by atoms with Crippen LogP contribution in [-0.2, 0) is 11.7 Å². The Balaban J connectivity index is 2.24. The maximum Gasteiger partial charge on any atom is 0.417 e. The van der Waals surface area contributed by atoms with E-state index in [1.165, 1.54) is 0 Å². The molecule has 0 saturated heterocycles. The van der Waals surface area contributed by atoms with Crippen molar-refractivity contribution in [1.29, 1.82) is 0 Å². The van der Waals surface area contributed by atoms with Crippen molar-refractivity contribution in [2.45, 2.75) is 52.4 Å². The fourth-order valence-corrected chi connectivity index (χ4v) is 2.45. The molecule has 1 unspecified atom stereocenters. The molecule has 24 heavy (non-hydrogen) atoms. The SMILES string of the molecule is Cc1nn(C(C)(C)C)cc1C(C)Nc1ncc(C(F)(F)F)cc1Cl. The maximum atomic E-state index is 12.7.